The van der Waals surface area contributed by atoms with Gasteiger partial charge in [0.15, 0.2) is 23.2 Å². The summed E-state index contributed by atoms with van der Waals surface area (Å²) in [5.74, 6) is 0.643. The van der Waals surface area contributed by atoms with Crippen LogP contribution in [0.5, 0.6) is 0 Å². The van der Waals surface area contributed by atoms with Gasteiger partial charge in [-0.05, 0) is 24.6 Å². The van der Waals surface area contributed by atoms with Crippen molar-refractivity contribution in [3.05, 3.63) is 48.0 Å². The predicted molar refractivity (Wildman–Crippen MR) is 113 cm³/mol. The number of hydrogen-bond acceptors (Lipinski definition) is 8. The molecule has 3 heterocycles. The Morgan fingerprint density at radius 1 is 1.12 bits per heavy atom. The molecule has 3 N–H and O–H groups in total. The average Bonchev–Trinajstić information content (AvgIpc) is 3.34. The van der Waals surface area contributed by atoms with Gasteiger partial charge in [0, 0.05) is 26.7 Å². The smallest absolute Gasteiger partial charge is 0.387 e. The van der Waals surface area contributed by atoms with Gasteiger partial charge in [-0.15, -0.1) is 0 Å². The van der Waals surface area contributed by atoms with Crippen molar-refractivity contribution in [2.24, 2.45) is 0 Å². The fourth-order valence-corrected chi connectivity index (χ4v) is 3.75. The van der Waals surface area contributed by atoms with Gasteiger partial charge in [-0.3, -0.25) is 4.57 Å². The second-order valence-corrected chi connectivity index (χ2v) is 7.91. The van der Waals surface area contributed by atoms with Crippen LogP contribution in [0.25, 0.3) is 11.2 Å². The number of fused-ring (bicyclic) bond motifs is 1. The number of anilines is 1. The average molecular weight is 466 g/mol. The number of halogens is 3. The molecule has 4 atom stereocenters. The number of benzene rings is 1. The van der Waals surface area contributed by atoms with E-state index in [1.54, 1.807) is 4.57 Å². The summed E-state index contributed by atoms with van der Waals surface area (Å²) in [6, 6.07) is 4.82. The van der Waals surface area contributed by atoms with E-state index in [-0.39, 0.29) is 13.1 Å². The van der Waals surface area contributed by atoms with E-state index < -0.39 is 36.3 Å². The van der Waals surface area contributed by atoms with Gasteiger partial charge < -0.3 is 25.2 Å². The SMILES string of the molecule is CCN(C)c1ncnc2c1ncn2[C@@H]1O[C@H](CNCc2ccc(C(F)(F)F)cc2)[C@@H](O)[C@H]1O. The molecule has 33 heavy (non-hydrogen) atoms. The summed E-state index contributed by atoms with van der Waals surface area (Å²) in [7, 11) is 1.88. The zero-order chi connectivity index (χ0) is 23.8. The summed E-state index contributed by atoms with van der Waals surface area (Å²) < 4.78 is 45.5. The molecule has 0 spiro atoms. The lowest BCUT2D eigenvalue weighted by molar-refractivity contribution is -0.137. The number of imidazole rings is 1. The van der Waals surface area contributed by atoms with Crippen molar-refractivity contribution < 1.29 is 28.1 Å². The highest BCUT2D eigenvalue weighted by atomic mass is 19.4. The summed E-state index contributed by atoms with van der Waals surface area (Å²) in [5.41, 5.74) is 0.958. The molecule has 1 aliphatic rings. The highest BCUT2D eigenvalue weighted by Gasteiger charge is 2.44. The van der Waals surface area contributed by atoms with Crippen LogP contribution in [0.1, 0.15) is 24.3 Å². The van der Waals surface area contributed by atoms with Gasteiger partial charge in [0.1, 0.15) is 24.6 Å². The number of nitrogens with zero attached hydrogens (tertiary/aromatic N) is 5. The van der Waals surface area contributed by atoms with E-state index >= 15 is 0 Å². The quantitative estimate of drug-likeness (QED) is 0.483. The van der Waals surface area contributed by atoms with Crippen LogP contribution in [0, 0.1) is 0 Å². The third-order valence-corrected chi connectivity index (χ3v) is 5.74. The summed E-state index contributed by atoms with van der Waals surface area (Å²) in [4.78, 5) is 14.8. The van der Waals surface area contributed by atoms with Crippen LogP contribution >= 0.6 is 0 Å². The molecule has 3 aromatic rings. The number of alkyl halides is 3. The Bertz CT molecular complexity index is 1090. The molecule has 0 bridgehead atoms. The van der Waals surface area contributed by atoms with Crippen molar-refractivity contribution in [1.29, 1.82) is 0 Å². The molecule has 1 fully saturated rings. The number of aliphatic hydroxyl groups is 2. The molecule has 9 nitrogen and oxygen atoms in total. The first-order chi connectivity index (χ1) is 15.7. The van der Waals surface area contributed by atoms with Crippen molar-refractivity contribution in [2.45, 2.75) is 44.2 Å². The second-order valence-electron chi connectivity index (χ2n) is 7.91. The van der Waals surface area contributed by atoms with Gasteiger partial charge in [-0.2, -0.15) is 13.2 Å². The summed E-state index contributed by atoms with van der Waals surface area (Å²) in [6.07, 6.45) is -5.52. The standard InChI is InChI=1S/C21H25F3N6O3/c1-3-29(2)18-15-19(27-10-26-18)30(11-28-15)20-17(32)16(31)14(33-20)9-25-8-12-4-6-13(7-5-12)21(22,23)24/h4-7,10-11,14,16-17,20,25,31-32H,3,8-9H2,1-2H3/t14-,16-,17-,20-/m1/s1. The number of rotatable bonds is 7. The first-order valence-corrected chi connectivity index (χ1v) is 10.5. The maximum atomic E-state index is 12.7. The highest BCUT2D eigenvalue weighted by Crippen LogP contribution is 2.33. The van der Waals surface area contributed by atoms with Crippen LogP contribution in [0.4, 0.5) is 19.0 Å². The van der Waals surface area contributed by atoms with Crippen LogP contribution in [-0.2, 0) is 17.5 Å². The molecule has 12 heteroatoms. The van der Waals surface area contributed by atoms with E-state index in [0.29, 0.717) is 29.1 Å². The van der Waals surface area contributed by atoms with Crippen molar-refractivity contribution >= 4 is 17.0 Å². The Balaban J connectivity index is 1.42. The first kappa shape index (κ1) is 23.4. The minimum absolute atomic E-state index is 0.182. The second kappa shape index (κ2) is 9.21. The Morgan fingerprint density at radius 3 is 2.52 bits per heavy atom. The lowest BCUT2D eigenvalue weighted by Gasteiger charge is -2.18. The first-order valence-electron chi connectivity index (χ1n) is 10.5. The van der Waals surface area contributed by atoms with E-state index in [1.807, 2.05) is 18.9 Å². The zero-order valence-electron chi connectivity index (χ0n) is 18.1. The fourth-order valence-electron chi connectivity index (χ4n) is 3.75. The van der Waals surface area contributed by atoms with Crippen LogP contribution in [0.15, 0.2) is 36.9 Å². The van der Waals surface area contributed by atoms with Crippen molar-refractivity contribution in [3.63, 3.8) is 0 Å². The molecule has 1 saturated heterocycles. The lowest BCUT2D eigenvalue weighted by atomic mass is 10.1. The lowest BCUT2D eigenvalue weighted by Crippen LogP contribution is -2.37. The van der Waals surface area contributed by atoms with E-state index in [0.717, 1.165) is 12.1 Å². The van der Waals surface area contributed by atoms with Gasteiger partial charge in [0.2, 0.25) is 0 Å². The van der Waals surface area contributed by atoms with Crippen molar-refractivity contribution in [1.82, 2.24) is 24.8 Å². The molecule has 4 rings (SSSR count). The molecule has 2 aromatic heterocycles. The molecule has 0 radical (unpaired) electrons. The Kier molecular flexibility index (Phi) is 6.52. The van der Waals surface area contributed by atoms with Crippen LogP contribution in [-0.4, -0.2) is 68.2 Å². The molecule has 178 valence electrons. The van der Waals surface area contributed by atoms with E-state index in [4.69, 9.17) is 4.74 Å². The van der Waals surface area contributed by atoms with Gasteiger partial charge in [0.25, 0.3) is 0 Å². The van der Waals surface area contributed by atoms with Crippen molar-refractivity contribution in [2.75, 3.05) is 25.0 Å². The maximum Gasteiger partial charge on any atom is 0.416 e. The van der Waals surface area contributed by atoms with Crippen molar-refractivity contribution in [3.8, 4) is 0 Å². The Hall–Kier alpha value is -2.80. The molecule has 0 amide bonds. The van der Waals surface area contributed by atoms with Gasteiger partial charge in [0.05, 0.1) is 11.9 Å². The number of hydrogen-bond donors (Lipinski definition) is 3. The monoisotopic (exact) mass is 466 g/mol. The molecule has 0 unspecified atom stereocenters. The Labute approximate surface area is 187 Å². The van der Waals surface area contributed by atoms with E-state index in [2.05, 4.69) is 20.3 Å². The topological polar surface area (TPSA) is 109 Å². The van der Waals surface area contributed by atoms with Crippen LogP contribution < -0.4 is 10.2 Å². The minimum Gasteiger partial charge on any atom is -0.387 e. The molecular weight excluding hydrogens is 441 g/mol. The zero-order valence-corrected chi connectivity index (χ0v) is 18.1. The van der Waals surface area contributed by atoms with Crippen LogP contribution in [0.3, 0.4) is 0 Å². The largest absolute Gasteiger partial charge is 0.416 e. The predicted octanol–water partition coefficient (Wildman–Crippen LogP) is 1.71. The third-order valence-electron chi connectivity index (χ3n) is 5.74. The third kappa shape index (κ3) is 4.64. The molecule has 0 aliphatic carbocycles. The summed E-state index contributed by atoms with van der Waals surface area (Å²) >= 11 is 0. The number of ether oxygens (including phenoxy) is 1. The highest BCUT2D eigenvalue weighted by molar-refractivity contribution is 5.83. The van der Waals surface area contributed by atoms with E-state index in [9.17, 15) is 23.4 Å². The summed E-state index contributed by atoms with van der Waals surface area (Å²) in [6.45, 7) is 3.15. The minimum atomic E-state index is -4.38. The fraction of sp³-hybridized carbons (Fsp3) is 0.476. The van der Waals surface area contributed by atoms with Gasteiger partial charge >= 0.3 is 6.18 Å². The van der Waals surface area contributed by atoms with Gasteiger partial charge in [-0.1, -0.05) is 12.1 Å². The van der Waals surface area contributed by atoms with Crippen LogP contribution in [0.2, 0.25) is 0 Å². The van der Waals surface area contributed by atoms with E-state index in [1.165, 1.54) is 24.8 Å². The Morgan fingerprint density at radius 2 is 1.85 bits per heavy atom. The molecule has 0 saturated carbocycles. The van der Waals surface area contributed by atoms with Gasteiger partial charge in [-0.25, -0.2) is 15.0 Å². The molecule has 1 aromatic carbocycles. The number of nitrogens with one attached hydrogen (secondary N) is 1. The molecule has 1 aliphatic heterocycles. The number of aliphatic hydroxyl groups excluding tert-OH is 2. The summed E-state index contributed by atoms with van der Waals surface area (Å²) in [5, 5.41) is 24.1. The number of aromatic nitrogens is 4. The molecular formula is C21H25F3N6O3. The normalized spacial score (nSPS) is 23.4. The maximum absolute atomic E-state index is 12.7.